The van der Waals surface area contributed by atoms with Crippen molar-refractivity contribution in [2.24, 2.45) is 0 Å². The van der Waals surface area contributed by atoms with Gasteiger partial charge in [0, 0.05) is 6.04 Å². The highest BCUT2D eigenvalue weighted by Crippen LogP contribution is 2.38. The zero-order valence-corrected chi connectivity index (χ0v) is 9.71. The fourth-order valence-electron chi connectivity index (χ4n) is 0.575. The second-order valence-electron chi connectivity index (χ2n) is 4.74. The van der Waals surface area contributed by atoms with Crippen molar-refractivity contribution in [2.75, 3.05) is 0 Å². The first-order valence-electron chi connectivity index (χ1n) is 4.21. The van der Waals surface area contributed by atoms with Gasteiger partial charge in [0.05, 0.1) is 8.07 Å². The van der Waals surface area contributed by atoms with Gasteiger partial charge in [0.1, 0.15) is 0 Å². The Kier molecular flexibility index (Phi) is 3.38. The molecule has 0 fully saturated rings. The first-order valence-corrected chi connectivity index (χ1v) is 7.41. The second-order valence-corrected chi connectivity index (χ2v) is 10.4. The van der Waals surface area contributed by atoms with Gasteiger partial charge in [-0.2, -0.15) is 0 Å². The smallest absolute Gasteiger partial charge is 0.0656 e. The van der Waals surface area contributed by atoms with Crippen LogP contribution in [0.5, 0.6) is 0 Å². The first kappa shape index (κ1) is 10.8. The predicted octanol–water partition coefficient (Wildman–Crippen LogP) is 3.52. The summed E-state index contributed by atoms with van der Waals surface area (Å²) in [5.74, 6) is 6.19. The van der Waals surface area contributed by atoms with Crippen molar-refractivity contribution in [1.29, 1.82) is 0 Å². The standard InChI is InChI=1S/C10H20Si/c1-7-8-9-11(5,6)10(2,3)4/h9H2,1-6H3. The monoisotopic (exact) mass is 168 g/mol. The van der Waals surface area contributed by atoms with E-state index in [0.29, 0.717) is 5.04 Å². The zero-order valence-electron chi connectivity index (χ0n) is 8.71. The summed E-state index contributed by atoms with van der Waals surface area (Å²) in [4.78, 5) is 0. The fourth-order valence-corrected chi connectivity index (χ4v) is 1.72. The van der Waals surface area contributed by atoms with Crippen molar-refractivity contribution in [2.45, 2.75) is 51.9 Å². The topological polar surface area (TPSA) is 0 Å². The van der Waals surface area contributed by atoms with Crippen molar-refractivity contribution in [3.8, 4) is 11.8 Å². The third-order valence-electron chi connectivity index (χ3n) is 2.74. The van der Waals surface area contributed by atoms with Crippen LogP contribution in [0.3, 0.4) is 0 Å². The van der Waals surface area contributed by atoms with Crippen LogP contribution in [-0.2, 0) is 0 Å². The van der Waals surface area contributed by atoms with Gasteiger partial charge >= 0.3 is 0 Å². The lowest BCUT2D eigenvalue weighted by Crippen LogP contribution is -2.36. The maximum atomic E-state index is 3.21. The Bertz CT molecular complexity index is 173. The van der Waals surface area contributed by atoms with Gasteiger partial charge in [0.25, 0.3) is 0 Å². The van der Waals surface area contributed by atoms with Crippen LogP contribution in [0.15, 0.2) is 0 Å². The van der Waals surface area contributed by atoms with Gasteiger partial charge < -0.3 is 0 Å². The molecule has 0 saturated carbocycles. The van der Waals surface area contributed by atoms with Gasteiger partial charge in [-0.25, -0.2) is 0 Å². The van der Waals surface area contributed by atoms with Crippen molar-refractivity contribution < 1.29 is 0 Å². The van der Waals surface area contributed by atoms with Crippen LogP contribution < -0.4 is 0 Å². The first-order chi connectivity index (χ1) is 4.81. The average molecular weight is 168 g/mol. The normalized spacial score (nSPS) is 12.2. The van der Waals surface area contributed by atoms with E-state index >= 15 is 0 Å². The molecule has 0 unspecified atom stereocenters. The molecule has 0 rings (SSSR count). The van der Waals surface area contributed by atoms with E-state index in [1.807, 2.05) is 6.92 Å². The maximum Gasteiger partial charge on any atom is 0.0656 e. The zero-order chi connectivity index (χ0) is 9.12. The molecule has 0 bridgehead atoms. The molecule has 0 aromatic rings. The molecule has 11 heavy (non-hydrogen) atoms. The van der Waals surface area contributed by atoms with Gasteiger partial charge in [0.2, 0.25) is 0 Å². The van der Waals surface area contributed by atoms with Crippen LogP contribution >= 0.6 is 0 Å². The van der Waals surface area contributed by atoms with E-state index in [9.17, 15) is 0 Å². The summed E-state index contributed by atoms with van der Waals surface area (Å²) in [5, 5.41) is 0.483. The number of hydrogen-bond donors (Lipinski definition) is 0. The predicted molar refractivity (Wildman–Crippen MR) is 55.5 cm³/mol. The van der Waals surface area contributed by atoms with Gasteiger partial charge in [-0.1, -0.05) is 33.9 Å². The maximum absolute atomic E-state index is 3.21. The van der Waals surface area contributed by atoms with Gasteiger partial charge in [-0.3, -0.25) is 0 Å². The van der Waals surface area contributed by atoms with E-state index in [2.05, 4.69) is 45.7 Å². The molecule has 0 aliphatic heterocycles. The molecule has 0 heterocycles. The minimum absolute atomic E-state index is 0.483. The lowest BCUT2D eigenvalue weighted by atomic mass is 10.2. The summed E-state index contributed by atoms with van der Waals surface area (Å²) in [5.41, 5.74) is 0. The number of hydrogen-bond acceptors (Lipinski definition) is 0. The van der Waals surface area contributed by atoms with Gasteiger partial charge in [0.15, 0.2) is 0 Å². The molecular formula is C10H20Si. The molecule has 0 aliphatic rings. The molecule has 0 spiro atoms. The third-order valence-corrected chi connectivity index (χ3v) is 7.86. The quantitative estimate of drug-likeness (QED) is 0.415. The molecule has 0 aliphatic carbocycles. The molecule has 0 aromatic carbocycles. The summed E-state index contributed by atoms with van der Waals surface area (Å²) in [6, 6.07) is 1.13. The summed E-state index contributed by atoms with van der Waals surface area (Å²) in [6.07, 6.45) is 0. The van der Waals surface area contributed by atoms with Gasteiger partial charge in [-0.05, 0) is 12.0 Å². The summed E-state index contributed by atoms with van der Waals surface area (Å²) in [7, 11) is -1.10. The van der Waals surface area contributed by atoms with Crippen molar-refractivity contribution >= 4 is 8.07 Å². The Labute approximate surface area is 72.4 Å². The van der Waals surface area contributed by atoms with Crippen molar-refractivity contribution in [1.82, 2.24) is 0 Å². The van der Waals surface area contributed by atoms with E-state index in [-0.39, 0.29) is 0 Å². The Morgan fingerprint density at radius 2 is 1.64 bits per heavy atom. The van der Waals surface area contributed by atoms with E-state index in [0.717, 1.165) is 6.04 Å². The highest BCUT2D eigenvalue weighted by molar-refractivity contribution is 6.80. The third kappa shape index (κ3) is 3.12. The molecule has 0 N–H and O–H groups in total. The average Bonchev–Trinajstić information content (AvgIpc) is 1.81. The molecule has 1 heteroatoms. The van der Waals surface area contributed by atoms with Crippen molar-refractivity contribution in [3.63, 3.8) is 0 Å². The molecule has 0 aromatic heterocycles. The van der Waals surface area contributed by atoms with Crippen LogP contribution in [0.4, 0.5) is 0 Å². The molecule has 0 radical (unpaired) electrons. The molecule has 0 saturated heterocycles. The van der Waals surface area contributed by atoms with Crippen molar-refractivity contribution in [3.05, 3.63) is 0 Å². The van der Waals surface area contributed by atoms with Gasteiger partial charge in [-0.15, -0.1) is 11.8 Å². The van der Waals surface area contributed by atoms with Crippen LogP contribution in [0.25, 0.3) is 0 Å². The summed E-state index contributed by atoms with van der Waals surface area (Å²) >= 11 is 0. The van der Waals surface area contributed by atoms with E-state index < -0.39 is 8.07 Å². The summed E-state index contributed by atoms with van der Waals surface area (Å²) < 4.78 is 0. The van der Waals surface area contributed by atoms with Crippen LogP contribution in [0, 0.1) is 11.8 Å². The molecular weight excluding hydrogens is 148 g/mol. The Morgan fingerprint density at radius 3 is 1.91 bits per heavy atom. The second kappa shape index (κ2) is 3.45. The summed E-state index contributed by atoms with van der Waals surface area (Å²) in [6.45, 7) is 13.7. The minimum atomic E-state index is -1.10. The molecule has 0 amide bonds. The Balaban J connectivity index is 4.30. The number of rotatable bonds is 1. The van der Waals surface area contributed by atoms with E-state index in [4.69, 9.17) is 0 Å². The SMILES string of the molecule is CC#CC[Si](C)(C)C(C)(C)C. The largest absolute Gasteiger partial charge is 0.107 e. The van der Waals surface area contributed by atoms with E-state index in [1.54, 1.807) is 0 Å². The van der Waals surface area contributed by atoms with Crippen LogP contribution in [-0.4, -0.2) is 8.07 Å². The lowest BCUT2D eigenvalue weighted by Gasteiger charge is -2.35. The molecule has 0 atom stereocenters. The molecule has 64 valence electrons. The highest BCUT2D eigenvalue weighted by Gasteiger charge is 2.33. The van der Waals surface area contributed by atoms with Crippen LogP contribution in [0.2, 0.25) is 24.2 Å². The lowest BCUT2D eigenvalue weighted by molar-refractivity contribution is 0.720. The molecule has 0 nitrogen and oxygen atoms in total. The Hall–Kier alpha value is -0.223. The van der Waals surface area contributed by atoms with E-state index in [1.165, 1.54) is 0 Å². The van der Waals surface area contributed by atoms with Crippen LogP contribution in [0.1, 0.15) is 27.7 Å². The highest BCUT2D eigenvalue weighted by atomic mass is 28.3. The Morgan fingerprint density at radius 1 is 1.18 bits per heavy atom. The minimum Gasteiger partial charge on any atom is -0.107 e. The fraction of sp³-hybridized carbons (Fsp3) is 0.800.